The minimum atomic E-state index is 0.496. The second-order valence-corrected chi connectivity index (χ2v) is 2.52. The van der Waals surface area contributed by atoms with E-state index in [9.17, 15) is 0 Å². The summed E-state index contributed by atoms with van der Waals surface area (Å²) in [5.74, 6) is 0.801. The van der Waals surface area contributed by atoms with Crippen LogP contribution in [0.2, 0.25) is 0 Å². The molecule has 0 bridgehead atoms. The highest BCUT2D eigenvalue weighted by molar-refractivity contribution is 4.95. The summed E-state index contributed by atoms with van der Waals surface area (Å²) in [6, 6.07) is 0.496. The van der Waals surface area contributed by atoms with E-state index < -0.39 is 0 Å². The molecule has 1 rings (SSSR count). The molecular weight excluding hydrogens is 98.1 g/mol. The van der Waals surface area contributed by atoms with Gasteiger partial charge in [-0.3, -0.25) is 0 Å². The zero-order valence-electron chi connectivity index (χ0n) is 5.30. The van der Waals surface area contributed by atoms with Crippen LogP contribution in [0.1, 0.15) is 19.8 Å². The number of hydrogen-bond donors (Lipinski definition) is 1. The van der Waals surface area contributed by atoms with Crippen molar-refractivity contribution in [3.63, 3.8) is 0 Å². The molecule has 0 aromatic heterocycles. The maximum absolute atomic E-state index is 5.57. The Morgan fingerprint density at radius 3 is 2.50 bits per heavy atom. The molecule has 46 valence electrons. The number of allylic oxidation sites excluding steroid dienone is 2. The molecule has 0 amide bonds. The van der Waals surface area contributed by atoms with Crippen molar-refractivity contribution >= 4 is 0 Å². The molecule has 1 saturated carbocycles. The van der Waals surface area contributed by atoms with Gasteiger partial charge in [0.05, 0.1) is 0 Å². The topological polar surface area (TPSA) is 26.0 Å². The van der Waals surface area contributed by atoms with Gasteiger partial charge in [-0.2, -0.15) is 0 Å². The van der Waals surface area contributed by atoms with Crippen LogP contribution in [-0.2, 0) is 0 Å². The third kappa shape index (κ3) is 1.10. The van der Waals surface area contributed by atoms with Gasteiger partial charge in [0.25, 0.3) is 0 Å². The van der Waals surface area contributed by atoms with Crippen LogP contribution in [0, 0.1) is 5.92 Å². The highest BCUT2D eigenvalue weighted by Crippen LogP contribution is 2.26. The third-order valence-corrected chi connectivity index (χ3v) is 1.68. The van der Waals surface area contributed by atoms with Crippen molar-refractivity contribution in [3.8, 4) is 0 Å². The van der Waals surface area contributed by atoms with E-state index in [1.807, 2.05) is 0 Å². The highest BCUT2D eigenvalue weighted by Gasteiger charge is 2.22. The molecule has 8 heavy (non-hydrogen) atoms. The van der Waals surface area contributed by atoms with Gasteiger partial charge in [0, 0.05) is 6.04 Å². The summed E-state index contributed by atoms with van der Waals surface area (Å²) in [4.78, 5) is 0. The van der Waals surface area contributed by atoms with Crippen LogP contribution in [-0.4, -0.2) is 6.04 Å². The molecule has 1 aliphatic rings. The molecule has 0 spiro atoms. The Labute approximate surface area is 50.6 Å². The number of rotatable bonds is 1. The van der Waals surface area contributed by atoms with Gasteiger partial charge < -0.3 is 5.73 Å². The predicted octanol–water partition coefficient (Wildman–Crippen LogP) is 1.30. The summed E-state index contributed by atoms with van der Waals surface area (Å²) in [5, 5.41) is 0. The van der Waals surface area contributed by atoms with Crippen molar-refractivity contribution in [2.45, 2.75) is 25.8 Å². The average Bonchev–Trinajstić information content (AvgIpc) is 1.64. The zero-order chi connectivity index (χ0) is 5.98. The lowest BCUT2D eigenvalue weighted by Crippen LogP contribution is -2.35. The standard InChI is InChI=1S/C7H13N/c1-2-3-6-4-7(8)5-6/h2-3,6-7H,4-5,8H2,1H3. The lowest BCUT2D eigenvalue weighted by molar-refractivity contribution is 0.323. The summed E-state index contributed by atoms with van der Waals surface area (Å²) in [5.41, 5.74) is 5.57. The van der Waals surface area contributed by atoms with E-state index in [1.165, 1.54) is 12.8 Å². The smallest absolute Gasteiger partial charge is 0.00500 e. The molecule has 1 heteroatoms. The van der Waals surface area contributed by atoms with E-state index in [-0.39, 0.29) is 0 Å². The summed E-state index contributed by atoms with van der Waals surface area (Å²) in [7, 11) is 0. The molecule has 0 aromatic carbocycles. The van der Waals surface area contributed by atoms with E-state index in [4.69, 9.17) is 5.73 Å². The highest BCUT2D eigenvalue weighted by atomic mass is 14.7. The summed E-state index contributed by atoms with van der Waals surface area (Å²) in [6.45, 7) is 2.06. The SMILES string of the molecule is CC=CC1CC(N)C1. The Morgan fingerprint density at radius 1 is 1.50 bits per heavy atom. The molecule has 0 saturated heterocycles. The second kappa shape index (κ2) is 2.31. The Hall–Kier alpha value is -0.300. The number of hydrogen-bond acceptors (Lipinski definition) is 1. The maximum Gasteiger partial charge on any atom is 0.00500 e. The Balaban J connectivity index is 2.15. The van der Waals surface area contributed by atoms with E-state index >= 15 is 0 Å². The van der Waals surface area contributed by atoms with Crippen LogP contribution in [0.25, 0.3) is 0 Å². The molecule has 2 N–H and O–H groups in total. The van der Waals surface area contributed by atoms with Gasteiger partial charge in [-0.05, 0) is 25.7 Å². The molecule has 1 fully saturated rings. The summed E-state index contributed by atoms with van der Waals surface area (Å²) >= 11 is 0. The quantitative estimate of drug-likeness (QED) is 0.507. The number of nitrogens with two attached hydrogens (primary N) is 1. The molecule has 0 heterocycles. The molecule has 1 nitrogen and oxygen atoms in total. The van der Waals surface area contributed by atoms with Crippen molar-refractivity contribution in [2.24, 2.45) is 11.7 Å². The first-order valence-corrected chi connectivity index (χ1v) is 3.21. The largest absolute Gasteiger partial charge is 0.328 e. The third-order valence-electron chi connectivity index (χ3n) is 1.68. The fraction of sp³-hybridized carbons (Fsp3) is 0.714. The first-order valence-electron chi connectivity index (χ1n) is 3.21. The van der Waals surface area contributed by atoms with Crippen LogP contribution < -0.4 is 5.73 Å². The molecular formula is C7H13N. The van der Waals surface area contributed by atoms with Crippen LogP contribution in [0.4, 0.5) is 0 Å². The van der Waals surface area contributed by atoms with E-state index in [0.29, 0.717) is 6.04 Å². The normalized spacial score (nSPS) is 37.8. The maximum atomic E-state index is 5.57. The van der Waals surface area contributed by atoms with E-state index in [0.717, 1.165) is 5.92 Å². The lowest BCUT2D eigenvalue weighted by atomic mass is 9.81. The van der Waals surface area contributed by atoms with Gasteiger partial charge in [0.15, 0.2) is 0 Å². The molecule has 0 atom stereocenters. The molecule has 0 aliphatic heterocycles. The van der Waals surface area contributed by atoms with Gasteiger partial charge in [-0.1, -0.05) is 12.2 Å². The minimum absolute atomic E-state index is 0.496. The molecule has 0 radical (unpaired) electrons. The van der Waals surface area contributed by atoms with Crippen LogP contribution in [0.5, 0.6) is 0 Å². The lowest BCUT2D eigenvalue weighted by Gasteiger charge is -2.29. The van der Waals surface area contributed by atoms with Crippen molar-refractivity contribution in [3.05, 3.63) is 12.2 Å². The van der Waals surface area contributed by atoms with Crippen molar-refractivity contribution < 1.29 is 0 Å². The molecule has 0 aromatic rings. The van der Waals surface area contributed by atoms with Gasteiger partial charge in [0.2, 0.25) is 0 Å². The fourth-order valence-corrected chi connectivity index (χ4v) is 1.14. The molecule has 1 aliphatic carbocycles. The second-order valence-electron chi connectivity index (χ2n) is 2.52. The Bertz CT molecular complexity index is 90.6. The van der Waals surface area contributed by atoms with E-state index in [2.05, 4.69) is 19.1 Å². The zero-order valence-corrected chi connectivity index (χ0v) is 5.30. The van der Waals surface area contributed by atoms with Crippen LogP contribution >= 0.6 is 0 Å². The Kier molecular flexibility index (Phi) is 1.69. The van der Waals surface area contributed by atoms with Crippen LogP contribution in [0.15, 0.2) is 12.2 Å². The van der Waals surface area contributed by atoms with Crippen molar-refractivity contribution in [1.29, 1.82) is 0 Å². The van der Waals surface area contributed by atoms with Crippen LogP contribution in [0.3, 0.4) is 0 Å². The fourth-order valence-electron chi connectivity index (χ4n) is 1.14. The van der Waals surface area contributed by atoms with Crippen molar-refractivity contribution in [2.75, 3.05) is 0 Å². The predicted molar refractivity (Wildman–Crippen MR) is 35.5 cm³/mol. The first kappa shape index (κ1) is 5.83. The van der Waals surface area contributed by atoms with E-state index in [1.54, 1.807) is 0 Å². The van der Waals surface area contributed by atoms with Gasteiger partial charge in [-0.25, -0.2) is 0 Å². The Morgan fingerprint density at radius 2 is 2.12 bits per heavy atom. The monoisotopic (exact) mass is 111 g/mol. The van der Waals surface area contributed by atoms with Gasteiger partial charge in [0.1, 0.15) is 0 Å². The van der Waals surface area contributed by atoms with Crippen molar-refractivity contribution in [1.82, 2.24) is 0 Å². The average molecular weight is 111 g/mol. The van der Waals surface area contributed by atoms with Gasteiger partial charge >= 0.3 is 0 Å². The first-order chi connectivity index (χ1) is 3.83. The minimum Gasteiger partial charge on any atom is -0.328 e. The summed E-state index contributed by atoms with van der Waals surface area (Å²) < 4.78 is 0. The molecule has 0 unspecified atom stereocenters. The summed E-state index contributed by atoms with van der Waals surface area (Å²) in [6.07, 6.45) is 6.74. The van der Waals surface area contributed by atoms with Gasteiger partial charge in [-0.15, -0.1) is 0 Å².